The highest BCUT2D eigenvalue weighted by molar-refractivity contribution is 7.89. The largest absolute Gasteiger partial charge is 0.330 e. The van der Waals surface area contributed by atoms with Gasteiger partial charge in [0.15, 0.2) is 0 Å². The minimum atomic E-state index is -3.18. The van der Waals surface area contributed by atoms with Crippen molar-refractivity contribution >= 4 is 21.1 Å². The van der Waals surface area contributed by atoms with Crippen LogP contribution in [0, 0.1) is 5.92 Å². The van der Waals surface area contributed by atoms with Crippen molar-refractivity contribution in [1.82, 2.24) is 13.9 Å². The van der Waals surface area contributed by atoms with E-state index in [1.54, 1.807) is 10.6 Å². The Morgan fingerprint density at radius 3 is 2.95 bits per heavy atom. The summed E-state index contributed by atoms with van der Waals surface area (Å²) < 4.78 is 28.5. The molecule has 1 fully saturated rings. The predicted octanol–water partition coefficient (Wildman–Crippen LogP) is 2.10. The molecule has 1 aromatic heterocycles. The fourth-order valence-corrected chi connectivity index (χ4v) is 4.50. The summed E-state index contributed by atoms with van der Waals surface area (Å²) in [6.07, 6.45) is 3.81. The molecule has 2 heterocycles. The Kier molecular flexibility index (Phi) is 3.99. The number of para-hydroxylation sites is 2. The molecule has 0 amide bonds. The van der Waals surface area contributed by atoms with Gasteiger partial charge in [0, 0.05) is 19.6 Å². The molecule has 1 saturated heterocycles. The Balaban J connectivity index is 1.71. The molecule has 0 bridgehead atoms. The molecule has 2 aromatic rings. The minimum Gasteiger partial charge on any atom is -0.330 e. The van der Waals surface area contributed by atoms with Crippen LogP contribution >= 0.6 is 0 Å². The first-order valence-electron chi connectivity index (χ1n) is 7.44. The van der Waals surface area contributed by atoms with E-state index in [0.29, 0.717) is 25.6 Å². The van der Waals surface area contributed by atoms with Crippen molar-refractivity contribution < 1.29 is 8.42 Å². The number of hydrogen-bond donors (Lipinski definition) is 0. The van der Waals surface area contributed by atoms with E-state index in [1.807, 2.05) is 28.8 Å². The SMILES string of the molecule is C[C@@H]1CCCN(S(=O)(=O)CCn2cnc3ccccc32)C1. The van der Waals surface area contributed by atoms with Gasteiger partial charge in [0.2, 0.25) is 10.0 Å². The number of hydrogen-bond acceptors (Lipinski definition) is 3. The van der Waals surface area contributed by atoms with Crippen LogP contribution in [0.5, 0.6) is 0 Å². The second-order valence-corrected chi connectivity index (χ2v) is 7.94. The Morgan fingerprint density at radius 1 is 1.33 bits per heavy atom. The second kappa shape index (κ2) is 5.77. The van der Waals surface area contributed by atoms with Crippen molar-refractivity contribution in [1.29, 1.82) is 0 Å². The maximum atomic E-state index is 12.5. The molecule has 0 unspecified atom stereocenters. The fraction of sp³-hybridized carbons (Fsp3) is 0.533. The molecule has 3 rings (SSSR count). The number of benzene rings is 1. The Bertz CT molecular complexity index is 723. The standard InChI is InChI=1S/C15H21N3O2S/c1-13-5-4-8-18(11-13)21(19,20)10-9-17-12-16-14-6-2-3-7-15(14)17/h2-3,6-7,12-13H,4-5,8-11H2,1H3/t13-/m1/s1. The molecule has 0 radical (unpaired) electrons. The van der Waals surface area contributed by atoms with Gasteiger partial charge in [0.1, 0.15) is 0 Å². The lowest BCUT2D eigenvalue weighted by molar-refractivity contribution is 0.281. The quantitative estimate of drug-likeness (QED) is 0.869. The summed E-state index contributed by atoms with van der Waals surface area (Å²) >= 11 is 0. The van der Waals surface area contributed by atoms with Crippen LogP contribution in [-0.4, -0.2) is 41.1 Å². The highest BCUT2D eigenvalue weighted by Gasteiger charge is 2.26. The van der Waals surface area contributed by atoms with E-state index >= 15 is 0 Å². The molecule has 1 aliphatic heterocycles. The first-order chi connectivity index (χ1) is 10.1. The van der Waals surface area contributed by atoms with Crippen molar-refractivity contribution in [2.45, 2.75) is 26.3 Å². The van der Waals surface area contributed by atoms with Gasteiger partial charge in [0.05, 0.1) is 23.1 Å². The number of aryl methyl sites for hydroxylation is 1. The maximum Gasteiger partial charge on any atom is 0.215 e. The van der Waals surface area contributed by atoms with Crippen LogP contribution < -0.4 is 0 Å². The smallest absolute Gasteiger partial charge is 0.215 e. The first-order valence-corrected chi connectivity index (χ1v) is 9.05. The highest BCUT2D eigenvalue weighted by Crippen LogP contribution is 2.19. The first kappa shape index (κ1) is 14.5. The summed E-state index contributed by atoms with van der Waals surface area (Å²) in [5.41, 5.74) is 1.89. The summed E-state index contributed by atoms with van der Waals surface area (Å²) in [7, 11) is -3.18. The van der Waals surface area contributed by atoms with Crippen molar-refractivity contribution in [3.05, 3.63) is 30.6 Å². The van der Waals surface area contributed by atoms with E-state index in [4.69, 9.17) is 0 Å². The number of rotatable bonds is 4. The molecule has 0 spiro atoms. The Hall–Kier alpha value is -1.40. The van der Waals surface area contributed by atoms with E-state index < -0.39 is 10.0 Å². The van der Waals surface area contributed by atoms with Gasteiger partial charge < -0.3 is 4.57 Å². The molecule has 0 N–H and O–H groups in total. The lowest BCUT2D eigenvalue weighted by Crippen LogP contribution is -2.40. The molecule has 6 heteroatoms. The number of piperidine rings is 1. The Morgan fingerprint density at radius 2 is 2.14 bits per heavy atom. The van der Waals surface area contributed by atoms with Crippen LogP contribution in [0.15, 0.2) is 30.6 Å². The molecule has 21 heavy (non-hydrogen) atoms. The number of sulfonamides is 1. The maximum absolute atomic E-state index is 12.5. The van der Waals surface area contributed by atoms with Gasteiger partial charge in [-0.05, 0) is 30.9 Å². The van der Waals surface area contributed by atoms with Crippen molar-refractivity contribution in [3.63, 3.8) is 0 Å². The zero-order valence-corrected chi connectivity index (χ0v) is 13.1. The molecule has 1 aliphatic rings. The molecule has 1 atom stereocenters. The fourth-order valence-electron chi connectivity index (χ4n) is 2.93. The van der Waals surface area contributed by atoms with Gasteiger partial charge in [-0.3, -0.25) is 0 Å². The van der Waals surface area contributed by atoms with E-state index in [0.717, 1.165) is 23.9 Å². The van der Waals surface area contributed by atoms with Gasteiger partial charge >= 0.3 is 0 Å². The van der Waals surface area contributed by atoms with Crippen molar-refractivity contribution in [2.24, 2.45) is 5.92 Å². The zero-order chi connectivity index (χ0) is 14.9. The van der Waals surface area contributed by atoms with Gasteiger partial charge in [0.25, 0.3) is 0 Å². The molecule has 0 aliphatic carbocycles. The molecule has 5 nitrogen and oxygen atoms in total. The third-order valence-electron chi connectivity index (χ3n) is 4.13. The third-order valence-corrected chi connectivity index (χ3v) is 5.95. The van der Waals surface area contributed by atoms with E-state index in [9.17, 15) is 8.42 Å². The average molecular weight is 307 g/mol. The monoisotopic (exact) mass is 307 g/mol. The summed E-state index contributed by atoms with van der Waals surface area (Å²) in [6, 6.07) is 7.79. The third kappa shape index (κ3) is 3.11. The van der Waals surface area contributed by atoms with Crippen molar-refractivity contribution in [2.75, 3.05) is 18.8 Å². The van der Waals surface area contributed by atoms with Crippen molar-refractivity contribution in [3.8, 4) is 0 Å². The molecule has 114 valence electrons. The second-order valence-electron chi connectivity index (χ2n) is 5.85. The summed E-state index contributed by atoms with van der Waals surface area (Å²) in [5.74, 6) is 0.600. The molecule has 0 saturated carbocycles. The highest BCUT2D eigenvalue weighted by atomic mass is 32.2. The average Bonchev–Trinajstić information content (AvgIpc) is 2.88. The predicted molar refractivity (Wildman–Crippen MR) is 83.5 cm³/mol. The summed E-state index contributed by atoms with van der Waals surface area (Å²) in [6.45, 7) is 3.89. The van der Waals surface area contributed by atoms with E-state index in [2.05, 4.69) is 11.9 Å². The van der Waals surface area contributed by atoms with Crippen LogP contribution in [0.4, 0.5) is 0 Å². The van der Waals surface area contributed by atoms with Crippen LogP contribution in [0.25, 0.3) is 11.0 Å². The molecule has 1 aromatic carbocycles. The topological polar surface area (TPSA) is 55.2 Å². The normalized spacial score (nSPS) is 20.9. The summed E-state index contributed by atoms with van der Waals surface area (Å²) in [4.78, 5) is 4.30. The lowest BCUT2D eigenvalue weighted by Gasteiger charge is -2.30. The lowest BCUT2D eigenvalue weighted by atomic mass is 10.0. The zero-order valence-electron chi connectivity index (χ0n) is 12.3. The van der Waals surface area contributed by atoms with Crippen LogP contribution in [0.2, 0.25) is 0 Å². The number of fused-ring (bicyclic) bond motifs is 1. The van der Waals surface area contributed by atoms with Gasteiger partial charge in [-0.1, -0.05) is 19.1 Å². The molecular formula is C15H21N3O2S. The Labute approximate surface area is 125 Å². The number of aromatic nitrogens is 2. The van der Waals surface area contributed by atoms with E-state index in [1.165, 1.54) is 0 Å². The minimum absolute atomic E-state index is 0.139. The van der Waals surface area contributed by atoms with Gasteiger partial charge in [-0.25, -0.2) is 17.7 Å². The van der Waals surface area contributed by atoms with Crippen LogP contribution in [-0.2, 0) is 16.6 Å². The van der Waals surface area contributed by atoms with Crippen LogP contribution in [0.1, 0.15) is 19.8 Å². The van der Waals surface area contributed by atoms with E-state index in [-0.39, 0.29) is 5.75 Å². The van der Waals surface area contributed by atoms with Gasteiger partial charge in [-0.2, -0.15) is 0 Å². The molecular weight excluding hydrogens is 286 g/mol. The van der Waals surface area contributed by atoms with Crippen LogP contribution in [0.3, 0.4) is 0 Å². The van der Waals surface area contributed by atoms with Gasteiger partial charge in [-0.15, -0.1) is 0 Å². The number of nitrogens with zero attached hydrogens (tertiary/aromatic N) is 3. The number of imidazole rings is 1. The summed E-state index contributed by atoms with van der Waals surface area (Å²) in [5, 5.41) is 0.